The molecule has 1 rings (SSSR count). The minimum absolute atomic E-state index is 0.0745. The highest BCUT2D eigenvalue weighted by molar-refractivity contribution is 5.66. The van der Waals surface area contributed by atoms with Gasteiger partial charge in [0.05, 0.1) is 0 Å². The van der Waals surface area contributed by atoms with Crippen LogP contribution in [0.25, 0.3) is 0 Å². The average molecular weight is 278 g/mol. The van der Waals surface area contributed by atoms with Crippen molar-refractivity contribution in [3.63, 3.8) is 0 Å². The fourth-order valence-corrected chi connectivity index (χ4v) is 1.06. The summed E-state index contributed by atoms with van der Waals surface area (Å²) in [5.74, 6) is -0.171. The molecule has 0 aromatic carbocycles. The molecule has 0 fully saturated rings. The van der Waals surface area contributed by atoms with E-state index in [1.54, 1.807) is 0 Å². The molecule has 0 aliphatic heterocycles. The summed E-state index contributed by atoms with van der Waals surface area (Å²) in [7, 11) is 3.02. The van der Waals surface area contributed by atoms with Gasteiger partial charge in [0.1, 0.15) is 18.9 Å². The molecular formula is C11H13F3N2O3. The first-order chi connectivity index (χ1) is 8.80. The first kappa shape index (κ1) is 15.1. The quantitative estimate of drug-likeness (QED) is 0.792. The molecule has 5 nitrogen and oxygen atoms in total. The molecule has 0 aliphatic carbocycles. The highest BCUT2D eigenvalue weighted by atomic mass is 19.4. The van der Waals surface area contributed by atoms with Gasteiger partial charge in [-0.25, -0.2) is 9.78 Å². The minimum Gasteiger partial charge on any atom is -0.474 e. The van der Waals surface area contributed by atoms with E-state index in [2.05, 4.69) is 4.98 Å². The molecule has 0 unspecified atom stereocenters. The zero-order valence-electron chi connectivity index (χ0n) is 10.4. The molecule has 1 aromatic rings. The van der Waals surface area contributed by atoms with E-state index in [9.17, 15) is 18.0 Å². The Hall–Kier alpha value is -1.99. The van der Waals surface area contributed by atoms with E-state index in [1.807, 2.05) is 0 Å². The van der Waals surface area contributed by atoms with E-state index in [4.69, 9.17) is 9.47 Å². The largest absolute Gasteiger partial charge is 0.474 e. The first-order valence-corrected chi connectivity index (χ1v) is 5.32. The van der Waals surface area contributed by atoms with Crippen molar-refractivity contribution in [3.05, 3.63) is 23.9 Å². The van der Waals surface area contributed by atoms with Crippen LogP contribution < -0.4 is 4.74 Å². The Morgan fingerprint density at radius 3 is 2.58 bits per heavy atom. The van der Waals surface area contributed by atoms with E-state index >= 15 is 0 Å². The van der Waals surface area contributed by atoms with Crippen molar-refractivity contribution in [2.24, 2.45) is 0 Å². The summed E-state index contributed by atoms with van der Waals surface area (Å²) in [6, 6.07) is 3.33. The number of carbonyl (C=O) groups is 1. The van der Waals surface area contributed by atoms with E-state index in [0.717, 1.165) is 6.07 Å². The Morgan fingerprint density at radius 2 is 2.00 bits per heavy atom. The van der Waals surface area contributed by atoms with Crippen LogP contribution in [-0.4, -0.2) is 43.3 Å². The van der Waals surface area contributed by atoms with Gasteiger partial charge in [0, 0.05) is 20.2 Å². The maximum absolute atomic E-state index is 12.4. The highest BCUT2D eigenvalue weighted by Gasteiger charge is 2.32. The van der Waals surface area contributed by atoms with Crippen LogP contribution in [0.1, 0.15) is 5.69 Å². The van der Waals surface area contributed by atoms with Crippen molar-refractivity contribution in [1.82, 2.24) is 9.88 Å². The Kier molecular flexibility index (Phi) is 4.96. The molecule has 8 heteroatoms. The van der Waals surface area contributed by atoms with E-state index in [0.29, 0.717) is 0 Å². The van der Waals surface area contributed by atoms with Crippen LogP contribution in [0.15, 0.2) is 18.2 Å². The molecule has 0 radical (unpaired) electrons. The van der Waals surface area contributed by atoms with Crippen molar-refractivity contribution in [2.45, 2.75) is 6.18 Å². The van der Waals surface area contributed by atoms with Gasteiger partial charge in [-0.3, -0.25) is 0 Å². The van der Waals surface area contributed by atoms with Crippen LogP contribution in [0, 0.1) is 0 Å². The van der Waals surface area contributed by atoms with Crippen molar-refractivity contribution >= 4 is 6.09 Å². The fraction of sp³-hybridized carbons (Fsp3) is 0.455. The van der Waals surface area contributed by atoms with Gasteiger partial charge in [0.2, 0.25) is 5.88 Å². The van der Waals surface area contributed by atoms with Crippen molar-refractivity contribution in [3.8, 4) is 5.88 Å². The van der Waals surface area contributed by atoms with Crippen LogP contribution in [0.2, 0.25) is 0 Å². The second kappa shape index (κ2) is 6.26. The maximum atomic E-state index is 12.4. The smallest absolute Gasteiger partial charge is 0.433 e. The van der Waals surface area contributed by atoms with Crippen molar-refractivity contribution < 1.29 is 27.4 Å². The van der Waals surface area contributed by atoms with Gasteiger partial charge < -0.3 is 14.4 Å². The summed E-state index contributed by atoms with van der Waals surface area (Å²) in [6.07, 6.45) is -5.07. The molecule has 1 heterocycles. The number of ether oxygens (including phenoxy) is 2. The predicted molar refractivity (Wildman–Crippen MR) is 59.8 cm³/mol. The molecule has 0 saturated carbocycles. The molecule has 1 aromatic heterocycles. The zero-order chi connectivity index (χ0) is 14.5. The summed E-state index contributed by atoms with van der Waals surface area (Å²) < 4.78 is 46.8. The molecule has 0 saturated heterocycles. The zero-order valence-corrected chi connectivity index (χ0v) is 10.4. The number of nitrogens with zero attached hydrogens (tertiary/aromatic N) is 2. The molecule has 0 atom stereocenters. The minimum atomic E-state index is -4.52. The van der Waals surface area contributed by atoms with Crippen LogP contribution in [-0.2, 0) is 10.9 Å². The van der Waals surface area contributed by atoms with Gasteiger partial charge in [-0.05, 0) is 6.07 Å². The number of alkyl halides is 3. The number of hydrogen-bond acceptors (Lipinski definition) is 4. The van der Waals surface area contributed by atoms with Crippen LogP contribution >= 0.6 is 0 Å². The first-order valence-electron chi connectivity index (χ1n) is 5.32. The summed E-state index contributed by atoms with van der Waals surface area (Å²) in [5, 5.41) is 0. The Labute approximate surface area is 107 Å². The van der Waals surface area contributed by atoms with E-state index in [-0.39, 0.29) is 19.1 Å². The molecule has 19 heavy (non-hydrogen) atoms. The lowest BCUT2D eigenvalue weighted by atomic mass is 10.3. The molecule has 106 valence electrons. The molecule has 0 spiro atoms. The number of rotatable bonds is 4. The number of halogens is 3. The van der Waals surface area contributed by atoms with Crippen molar-refractivity contribution in [1.29, 1.82) is 0 Å². The van der Waals surface area contributed by atoms with Gasteiger partial charge in [0.25, 0.3) is 0 Å². The van der Waals surface area contributed by atoms with Crippen LogP contribution in [0.5, 0.6) is 5.88 Å². The van der Waals surface area contributed by atoms with Gasteiger partial charge in [-0.1, -0.05) is 6.07 Å². The second-order valence-corrected chi connectivity index (χ2v) is 3.72. The second-order valence-electron chi connectivity index (χ2n) is 3.72. The Balaban J connectivity index is 2.44. The Morgan fingerprint density at radius 1 is 1.32 bits per heavy atom. The topological polar surface area (TPSA) is 51.7 Å². The van der Waals surface area contributed by atoms with Crippen LogP contribution in [0.4, 0.5) is 18.0 Å². The van der Waals surface area contributed by atoms with Crippen molar-refractivity contribution in [2.75, 3.05) is 27.3 Å². The number of hydrogen-bond donors (Lipinski definition) is 0. The summed E-state index contributed by atoms with van der Waals surface area (Å²) in [4.78, 5) is 15.5. The maximum Gasteiger partial charge on any atom is 0.433 e. The van der Waals surface area contributed by atoms with Gasteiger partial charge >= 0.3 is 12.3 Å². The van der Waals surface area contributed by atoms with E-state index < -0.39 is 18.0 Å². The number of aromatic nitrogens is 1. The summed E-state index contributed by atoms with van der Waals surface area (Å²) in [6.45, 7) is -0.150. The third-order valence-electron chi connectivity index (χ3n) is 1.94. The summed E-state index contributed by atoms with van der Waals surface area (Å²) in [5.41, 5.74) is -1.03. The van der Waals surface area contributed by atoms with Gasteiger partial charge in [0.15, 0.2) is 0 Å². The predicted octanol–water partition coefficient (Wildman–Crippen LogP) is 2.18. The van der Waals surface area contributed by atoms with Gasteiger partial charge in [-0.2, -0.15) is 13.2 Å². The van der Waals surface area contributed by atoms with Crippen LogP contribution in [0.3, 0.4) is 0 Å². The number of carbonyl (C=O) groups excluding carboxylic acids is 1. The number of pyridine rings is 1. The monoisotopic (exact) mass is 278 g/mol. The normalized spacial score (nSPS) is 11.0. The molecular weight excluding hydrogens is 265 g/mol. The Bertz CT molecular complexity index is 435. The number of amides is 1. The third-order valence-corrected chi connectivity index (χ3v) is 1.94. The SMILES string of the molecule is CN(C)C(=O)OCCOc1cccc(C(F)(F)F)n1. The molecule has 0 N–H and O–H groups in total. The average Bonchev–Trinajstić information content (AvgIpc) is 2.33. The summed E-state index contributed by atoms with van der Waals surface area (Å²) >= 11 is 0. The lowest BCUT2D eigenvalue weighted by molar-refractivity contribution is -0.141. The van der Waals surface area contributed by atoms with E-state index in [1.165, 1.54) is 31.1 Å². The third kappa shape index (κ3) is 5.02. The van der Waals surface area contributed by atoms with Gasteiger partial charge in [-0.15, -0.1) is 0 Å². The standard InChI is InChI=1S/C11H13F3N2O3/c1-16(2)10(17)19-7-6-18-9-5-3-4-8(15-9)11(12,13)14/h3-5H,6-7H2,1-2H3. The lowest BCUT2D eigenvalue weighted by Crippen LogP contribution is -2.24. The molecule has 0 aliphatic rings. The fourth-order valence-electron chi connectivity index (χ4n) is 1.06. The molecule has 0 bridgehead atoms. The highest BCUT2D eigenvalue weighted by Crippen LogP contribution is 2.28. The molecule has 1 amide bonds. The lowest BCUT2D eigenvalue weighted by Gasteiger charge is -2.12.